The molecule has 0 aromatic carbocycles. The molecule has 270 valence electrons. The topological polar surface area (TPSA) is 89.8 Å². The Labute approximate surface area is 285 Å². The van der Waals surface area contributed by atoms with Gasteiger partial charge in [-0.2, -0.15) is 0 Å². The van der Waals surface area contributed by atoms with Crippen molar-refractivity contribution in [3.05, 3.63) is 36.5 Å². The van der Waals surface area contributed by atoms with Crippen LogP contribution < -0.4 is 5.32 Å². The summed E-state index contributed by atoms with van der Waals surface area (Å²) in [5.74, 6) is -0.363. The van der Waals surface area contributed by atoms with Gasteiger partial charge in [0.25, 0.3) is 0 Å². The molecule has 0 spiro atoms. The Balaban J connectivity index is 3.67. The summed E-state index contributed by atoms with van der Waals surface area (Å²) in [5.41, 5.74) is 0. The van der Waals surface area contributed by atoms with E-state index in [9.17, 15) is 20.1 Å². The summed E-state index contributed by atoms with van der Waals surface area (Å²) in [7, 11) is 0. The van der Waals surface area contributed by atoms with Gasteiger partial charge in [-0.15, -0.1) is 0 Å². The van der Waals surface area contributed by atoms with Crippen LogP contribution in [0.15, 0.2) is 36.5 Å². The molecule has 0 aliphatic rings. The molecule has 0 heterocycles. The van der Waals surface area contributed by atoms with E-state index in [2.05, 4.69) is 37.4 Å². The third-order valence-electron chi connectivity index (χ3n) is 8.90. The van der Waals surface area contributed by atoms with E-state index in [0.717, 1.165) is 32.1 Å². The maximum absolute atomic E-state index is 12.3. The molecule has 4 N–H and O–H groups in total. The van der Waals surface area contributed by atoms with E-state index in [0.29, 0.717) is 6.42 Å². The van der Waals surface area contributed by atoms with Crippen LogP contribution in [-0.2, 0) is 4.79 Å². The van der Waals surface area contributed by atoms with Gasteiger partial charge in [0.05, 0.1) is 31.3 Å². The predicted molar refractivity (Wildman–Crippen MR) is 199 cm³/mol. The molecule has 0 saturated heterocycles. The van der Waals surface area contributed by atoms with Crippen LogP contribution in [0.4, 0.5) is 0 Å². The number of hydrogen-bond acceptors (Lipinski definition) is 4. The molecule has 1 amide bonds. The zero-order valence-electron chi connectivity index (χ0n) is 30.5. The van der Waals surface area contributed by atoms with E-state index in [4.69, 9.17) is 0 Å². The lowest BCUT2D eigenvalue weighted by Crippen LogP contribution is -2.45. The molecule has 0 fully saturated rings. The van der Waals surface area contributed by atoms with E-state index in [1.165, 1.54) is 135 Å². The SMILES string of the molecule is CCCCCC/C=C\CC(O)CC(=O)NC(CO)C(O)/C=C/CC/C=C/CCCCCCCCCCCCCCCCCCCC. The van der Waals surface area contributed by atoms with Crippen molar-refractivity contribution in [1.29, 1.82) is 0 Å². The molecule has 0 rings (SSSR count). The Hall–Kier alpha value is -1.43. The van der Waals surface area contributed by atoms with Crippen LogP contribution in [0.25, 0.3) is 0 Å². The van der Waals surface area contributed by atoms with Crippen molar-refractivity contribution in [1.82, 2.24) is 5.32 Å². The molecule has 0 saturated carbocycles. The summed E-state index contributed by atoms with van der Waals surface area (Å²) in [4.78, 5) is 12.3. The third-order valence-corrected chi connectivity index (χ3v) is 8.90. The van der Waals surface area contributed by atoms with E-state index in [1.54, 1.807) is 6.08 Å². The summed E-state index contributed by atoms with van der Waals surface area (Å²) in [5, 5.41) is 32.8. The number of unbranched alkanes of at least 4 members (excludes halogenated alkanes) is 23. The van der Waals surface area contributed by atoms with Gasteiger partial charge in [-0.25, -0.2) is 0 Å². The predicted octanol–water partition coefficient (Wildman–Crippen LogP) is 10.8. The lowest BCUT2D eigenvalue weighted by Gasteiger charge is -2.20. The molecule has 46 heavy (non-hydrogen) atoms. The second-order valence-electron chi connectivity index (χ2n) is 13.5. The number of hydrogen-bond donors (Lipinski definition) is 4. The highest BCUT2D eigenvalue weighted by Gasteiger charge is 2.19. The van der Waals surface area contributed by atoms with E-state index >= 15 is 0 Å². The molecule has 0 bridgehead atoms. The number of amides is 1. The van der Waals surface area contributed by atoms with Gasteiger partial charge in [-0.3, -0.25) is 4.79 Å². The fraction of sp³-hybridized carbons (Fsp3) is 0.829. The Morgan fingerprint density at radius 1 is 0.543 bits per heavy atom. The lowest BCUT2D eigenvalue weighted by atomic mass is 10.0. The summed E-state index contributed by atoms with van der Waals surface area (Å²) < 4.78 is 0. The van der Waals surface area contributed by atoms with Gasteiger partial charge in [0.1, 0.15) is 0 Å². The van der Waals surface area contributed by atoms with Gasteiger partial charge >= 0.3 is 0 Å². The van der Waals surface area contributed by atoms with Crippen molar-refractivity contribution in [3.8, 4) is 0 Å². The van der Waals surface area contributed by atoms with Crippen molar-refractivity contribution in [2.45, 2.75) is 212 Å². The van der Waals surface area contributed by atoms with Gasteiger partial charge < -0.3 is 20.6 Å². The number of rotatable bonds is 35. The van der Waals surface area contributed by atoms with Crippen LogP contribution in [0.2, 0.25) is 0 Å². The molecule has 5 heteroatoms. The van der Waals surface area contributed by atoms with Crippen LogP contribution in [-0.4, -0.2) is 46.1 Å². The quantitative estimate of drug-likeness (QED) is 0.0407. The van der Waals surface area contributed by atoms with Crippen molar-refractivity contribution in [2.75, 3.05) is 6.61 Å². The molecule has 0 aliphatic carbocycles. The molecular weight excluding hydrogens is 570 g/mol. The number of carbonyl (C=O) groups is 1. The zero-order chi connectivity index (χ0) is 33.8. The van der Waals surface area contributed by atoms with Gasteiger partial charge in [-0.05, 0) is 44.9 Å². The fourth-order valence-corrected chi connectivity index (χ4v) is 5.82. The first kappa shape index (κ1) is 44.6. The monoisotopic (exact) mass is 648 g/mol. The third kappa shape index (κ3) is 32.5. The first-order valence-corrected chi connectivity index (χ1v) is 19.8. The normalized spacial score (nSPS) is 14.1. The minimum atomic E-state index is -0.960. The first-order chi connectivity index (χ1) is 22.5. The van der Waals surface area contributed by atoms with Crippen LogP contribution in [0, 0.1) is 0 Å². The molecule has 0 radical (unpaired) electrons. The number of nitrogens with one attached hydrogen (secondary N) is 1. The van der Waals surface area contributed by atoms with Crippen molar-refractivity contribution >= 4 is 5.91 Å². The average molecular weight is 648 g/mol. The van der Waals surface area contributed by atoms with Crippen LogP contribution >= 0.6 is 0 Å². The molecule has 0 aromatic rings. The molecular formula is C41H77NO4. The second kappa shape index (κ2) is 36.4. The Bertz CT molecular complexity index is 719. The molecule has 3 atom stereocenters. The van der Waals surface area contributed by atoms with E-state index < -0.39 is 18.2 Å². The summed E-state index contributed by atoms with van der Waals surface area (Å²) >= 11 is 0. The second-order valence-corrected chi connectivity index (χ2v) is 13.5. The molecule has 5 nitrogen and oxygen atoms in total. The lowest BCUT2D eigenvalue weighted by molar-refractivity contribution is -0.124. The number of allylic oxidation sites excluding steroid dienone is 4. The maximum Gasteiger partial charge on any atom is 0.223 e. The summed E-state index contributed by atoms with van der Waals surface area (Å²) in [6, 6.07) is -0.773. The minimum Gasteiger partial charge on any atom is -0.394 e. The first-order valence-electron chi connectivity index (χ1n) is 19.8. The molecule has 3 unspecified atom stereocenters. The number of aliphatic hydroxyl groups is 3. The highest BCUT2D eigenvalue weighted by atomic mass is 16.3. The van der Waals surface area contributed by atoms with Gasteiger partial charge in [0.2, 0.25) is 5.91 Å². The number of aliphatic hydroxyl groups excluding tert-OH is 3. The van der Waals surface area contributed by atoms with E-state index in [-0.39, 0.29) is 18.9 Å². The van der Waals surface area contributed by atoms with Crippen LogP contribution in [0.5, 0.6) is 0 Å². The molecule has 0 aliphatic heterocycles. The standard InChI is InChI=1S/C41H77NO4/c1-3-5-7-9-11-12-13-14-15-16-17-18-19-20-21-22-23-24-25-26-27-29-31-33-35-40(45)39(37-43)42-41(46)36-38(44)34-32-30-28-10-8-6-4-2/h26-27,30,32-33,35,38-40,43-45H,3-25,28-29,31,34,36-37H2,1-2H3,(H,42,46)/b27-26+,32-30-,35-33+. The average Bonchev–Trinajstić information content (AvgIpc) is 3.05. The van der Waals surface area contributed by atoms with Gasteiger partial charge in [0, 0.05) is 0 Å². The smallest absolute Gasteiger partial charge is 0.223 e. The fourth-order valence-electron chi connectivity index (χ4n) is 5.82. The van der Waals surface area contributed by atoms with Crippen molar-refractivity contribution < 1.29 is 20.1 Å². The summed E-state index contributed by atoms with van der Waals surface area (Å²) in [6.07, 6.45) is 44.6. The summed E-state index contributed by atoms with van der Waals surface area (Å²) in [6.45, 7) is 4.12. The molecule has 0 aromatic heterocycles. The largest absolute Gasteiger partial charge is 0.394 e. The van der Waals surface area contributed by atoms with Gasteiger partial charge in [-0.1, -0.05) is 179 Å². The van der Waals surface area contributed by atoms with Crippen LogP contribution in [0.3, 0.4) is 0 Å². The van der Waals surface area contributed by atoms with Crippen LogP contribution in [0.1, 0.15) is 194 Å². The van der Waals surface area contributed by atoms with Crippen molar-refractivity contribution in [2.24, 2.45) is 0 Å². The Morgan fingerprint density at radius 2 is 0.935 bits per heavy atom. The zero-order valence-corrected chi connectivity index (χ0v) is 30.5. The minimum absolute atomic E-state index is 0.0443. The highest BCUT2D eigenvalue weighted by molar-refractivity contribution is 5.76. The van der Waals surface area contributed by atoms with Gasteiger partial charge in [0.15, 0.2) is 0 Å². The maximum atomic E-state index is 12.3. The Kier molecular flexibility index (Phi) is 35.3. The Morgan fingerprint density at radius 3 is 1.41 bits per heavy atom. The number of carbonyl (C=O) groups excluding carboxylic acids is 1. The van der Waals surface area contributed by atoms with E-state index in [1.807, 2.05) is 12.2 Å². The highest BCUT2D eigenvalue weighted by Crippen LogP contribution is 2.15. The van der Waals surface area contributed by atoms with Crippen molar-refractivity contribution in [3.63, 3.8) is 0 Å².